The van der Waals surface area contributed by atoms with Gasteiger partial charge in [0.15, 0.2) is 0 Å². The Morgan fingerprint density at radius 3 is 1.77 bits per heavy atom. The van der Waals surface area contributed by atoms with Gasteiger partial charge in [-0.1, -0.05) is 96.6 Å². The summed E-state index contributed by atoms with van der Waals surface area (Å²) < 4.78 is 62.3. The molecule has 1 amide bonds. The number of hydrogen-bond donors (Lipinski definition) is 1. The molecule has 5 aromatic rings. The molecular weight excluding hydrogens is 637 g/mol. The van der Waals surface area contributed by atoms with Gasteiger partial charge in [-0.3, -0.25) is 4.79 Å². The van der Waals surface area contributed by atoms with Crippen LogP contribution in [-0.4, -0.2) is 44.1 Å². The van der Waals surface area contributed by atoms with E-state index in [2.05, 4.69) is 10.5 Å². The molecule has 1 N–H and O–H groups in total. The smallest absolute Gasteiger partial charge is 0.255 e. The van der Waals surface area contributed by atoms with Crippen LogP contribution >= 0.6 is 0 Å². The molecule has 0 atom stereocenters. The van der Waals surface area contributed by atoms with E-state index in [-0.39, 0.29) is 35.2 Å². The summed E-state index contributed by atoms with van der Waals surface area (Å²) in [6.07, 6.45) is 1.27. The van der Waals surface area contributed by atoms with Gasteiger partial charge in [0.1, 0.15) is 11.5 Å². The second kappa shape index (κ2) is 15.1. The average Bonchev–Trinajstić information content (AvgIpc) is 3.53. The highest BCUT2D eigenvalue weighted by Gasteiger charge is 2.28. The predicted molar refractivity (Wildman–Crippen MR) is 179 cm³/mol. The Bertz CT molecular complexity index is 2020. The van der Waals surface area contributed by atoms with Gasteiger partial charge in [0.25, 0.3) is 5.91 Å². The first-order valence-electron chi connectivity index (χ1n) is 14.7. The van der Waals surface area contributed by atoms with Crippen molar-refractivity contribution in [1.82, 2.24) is 14.0 Å². The van der Waals surface area contributed by atoms with Gasteiger partial charge in [-0.2, -0.15) is 13.7 Å². The zero-order valence-electron chi connectivity index (χ0n) is 25.6. The number of hydrazone groups is 1. The topological polar surface area (TPSA) is 129 Å². The summed E-state index contributed by atoms with van der Waals surface area (Å²) in [7, 11) is -7.86. The van der Waals surface area contributed by atoms with Gasteiger partial charge in [0.05, 0.1) is 29.1 Å². The van der Waals surface area contributed by atoms with Crippen LogP contribution in [0, 0.1) is 6.92 Å². The lowest BCUT2D eigenvalue weighted by Crippen LogP contribution is -2.39. The van der Waals surface area contributed by atoms with E-state index in [1.807, 2.05) is 43.3 Å². The number of benzene rings is 4. The number of sulfonamides is 2. The van der Waals surface area contributed by atoms with Crippen LogP contribution in [0.15, 0.2) is 147 Å². The molecule has 0 aliphatic rings. The zero-order valence-corrected chi connectivity index (χ0v) is 27.3. The van der Waals surface area contributed by atoms with Gasteiger partial charge in [-0.25, -0.2) is 22.3 Å². The highest BCUT2D eigenvalue weighted by Crippen LogP contribution is 2.23. The van der Waals surface area contributed by atoms with Crippen LogP contribution in [-0.2, 0) is 44.5 Å². The Hall–Kier alpha value is -4.88. The maximum absolute atomic E-state index is 13.6. The number of amides is 1. The van der Waals surface area contributed by atoms with Crippen LogP contribution in [0.25, 0.3) is 0 Å². The minimum Gasteiger partial charge on any atom is -0.459 e. The molecule has 0 saturated heterocycles. The molecular formula is C35H34N4O6S2. The van der Waals surface area contributed by atoms with Crippen molar-refractivity contribution in [2.45, 2.75) is 36.3 Å². The zero-order chi connectivity index (χ0) is 33.3. The minimum atomic E-state index is -3.99. The van der Waals surface area contributed by atoms with E-state index >= 15 is 0 Å². The fourth-order valence-corrected chi connectivity index (χ4v) is 7.51. The van der Waals surface area contributed by atoms with Gasteiger partial charge in [-0.15, -0.1) is 0 Å². The summed E-state index contributed by atoms with van der Waals surface area (Å²) in [5.41, 5.74) is 4.84. The fourth-order valence-electron chi connectivity index (χ4n) is 4.71. The summed E-state index contributed by atoms with van der Waals surface area (Å²) in [6, 6.07) is 36.1. The van der Waals surface area contributed by atoms with Crippen LogP contribution in [0.5, 0.6) is 0 Å². The molecule has 0 radical (unpaired) electrons. The van der Waals surface area contributed by atoms with E-state index in [0.29, 0.717) is 5.76 Å². The molecule has 10 nitrogen and oxygen atoms in total. The van der Waals surface area contributed by atoms with Crippen LogP contribution < -0.4 is 5.43 Å². The summed E-state index contributed by atoms with van der Waals surface area (Å²) >= 11 is 0. The van der Waals surface area contributed by atoms with Crippen molar-refractivity contribution in [3.8, 4) is 0 Å². The molecule has 1 aromatic heterocycles. The third-order valence-corrected chi connectivity index (χ3v) is 10.8. The third-order valence-electron chi connectivity index (χ3n) is 7.16. The highest BCUT2D eigenvalue weighted by molar-refractivity contribution is 7.89. The highest BCUT2D eigenvalue weighted by atomic mass is 32.2. The number of aryl methyl sites for hydroxylation is 1. The van der Waals surface area contributed by atoms with E-state index in [0.717, 1.165) is 21.0 Å². The molecule has 1 heterocycles. The van der Waals surface area contributed by atoms with Crippen molar-refractivity contribution in [2.24, 2.45) is 5.10 Å². The second-order valence-electron chi connectivity index (χ2n) is 10.7. The van der Waals surface area contributed by atoms with Gasteiger partial charge < -0.3 is 4.42 Å². The Kier molecular flexibility index (Phi) is 10.8. The summed E-state index contributed by atoms with van der Waals surface area (Å²) in [5, 5.41) is 3.95. The number of hydrogen-bond acceptors (Lipinski definition) is 7. The molecule has 0 bridgehead atoms. The Morgan fingerprint density at radius 2 is 1.17 bits per heavy atom. The maximum atomic E-state index is 13.6. The Labute approximate surface area is 275 Å². The molecule has 12 heteroatoms. The molecule has 0 saturated carbocycles. The lowest BCUT2D eigenvalue weighted by Gasteiger charge is -2.21. The normalized spacial score (nSPS) is 12.1. The average molecular weight is 671 g/mol. The van der Waals surface area contributed by atoms with Crippen molar-refractivity contribution < 1.29 is 26.0 Å². The van der Waals surface area contributed by atoms with Crippen LogP contribution in [0.2, 0.25) is 0 Å². The number of furan rings is 1. The summed E-state index contributed by atoms with van der Waals surface area (Å²) in [5.74, 6) is -0.0141. The summed E-state index contributed by atoms with van der Waals surface area (Å²) in [6.45, 7) is 1.49. The van der Waals surface area contributed by atoms with E-state index in [4.69, 9.17) is 4.42 Å². The Morgan fingerprint density at radius 1 is 0.660 bits per heavy atom. The van der Waals surface area contributed by atoms with Crippen LogP contribution in [0.1, 0.15) is 28.2 Å². The lowest BCUT2D eigenvalue weighted by molar-refractivity contribution is -0.121. The van der Waals surface area contributed by atoms with Gasteiger partial charge >= 0.3 is 0 Å². The van der Waals surface area contributed by atoms with Gasteiger partial charge in [-0.05, 0) is 54.4 Å². The van der Waals surface area contributed by atoms with Crippen LogP contribution in [0.3, 0.4) is 0 Å². The van der Waals surface area contributed by atoms with Crippen molar-refractivity contribution in [3.05, 3.63) is 156 Å². The van der Waals surface area contributed by atoms with Crippen molar-refractivity contribution >= 4 is 32.2 Å². The van der Waals surface area contributed by atoms with E-state index in [1.165, 1.54) is 22.7 Å². The second-order valence-corrected chi connectivity index (χ2v) is 14.6. The maximum Gasteiger partial charge on any atom is 0.255 e. The fraction of sp³-hybridized carbons (Fsp3) is 0.143. The lowest BCUT2D eigenvalue weighted by atomic mass is 10.2. The third kappa shape index (κ3) is 8.89. The standard InChI is InChI=1S/C35H34N4O6S2/c1-28-17-21-34(22-18-28)47(43,44)38(24-29-11-5-2-6-12-29)26-32-20-19-31(45-32)23-36-37-35(40)27-39(25-30-13-7-3-8-14-30)46(41,42)33-15-9-4-10-16-33/h2-23H,24-27H2,1H3,(H,37,40)/b36-23-. The molecule has 0 spiro atoms. The van der Waals surface area contributed by atoms with Crippen LogP contribution in [0.4, 0.5) is 0 Å². The first kappa shape index (κ1) is 33.5. The number of carbonyl (C=O) groups is 1. The molecule has 0 aliphatic heterocycles. The van der Waals surface area contributed by atoms with E-state index in [1.54, 1.807) is 78.9 Å². The number of carbonyl (C=O) groups excluding carboxylic acids is 1. The molecule has 0 fully saturated rings. The van der Waals surface area contributed by atoms with Crippen molar-refractivity contribution in [1.29, 1.82) is 0 Å². The molecule has 0 unspecified atom stereocenters. The molecule has 47 heavy (non-hydrogen) atoms. The molecule has 5 rings (SSSR count). The van der Waals surface area contributed by atoms with Gasteiger partial charge in [0.2, 0.25) is 20.0 Å². The van der Waals surface area contributed by atoms with E-state index in [9.17, 15) is 21.6 Å². The summed E-state index contributed by atoms with van der Waals surface area (Å²) in [4.78, 5) is 13.1. The molecule has 242 valence electrons. The van der Waals surface area contributed by atoms with Crippen molar-refractivity contribution in [2.75, 3.05) is 6.54 Å². The van der Waals surface area contributed by atoms with E-state index < -0.39 is 32.5 Å². The van der Waals surface area contributed by atoms with Gasteiger partial charge in [0, 0.05) is 13.1 Å². The quantitative estimate of drug-likeness (QED) is 0.126. The minimum absolute atomic E-state index is 0.0122. The number of rotatable bonds is 14. The number of nitrogens with one attached hydrogen (secondary N) is 1. The SMILES string of the molecule is Cc1ccc(S(=O)(=O)N(Cc2ccccc2)Cc2ccc(/C=N\NC(=O)CN(Cc3ccccc3)S(=O)(=O)c3ccccc3)o2)cc1. The number of nitrogens with zero attached hydrogens (tertiary/aromatic N) is 3. The first-order chi connectivity index (χ1) is 22.6. The molecule has 4 aromatic carbocycles. The van der Waals surface area contributed by atoms with Crippen molar-refractivity contribution in [3.63, 3.8) is 0 Å². The first-order valence-corrected chi connectivity index (χ1v) is 17.6. The monoisotopic (exact) mass is 670 g/mol. The Balaban J connectivity index is 1.27. The predicted octanol–water partition coefficient (Wildman–Crippen LogP) is 5.32. The largest absolute Gasteiger partial charge is 0.459 e. The molecule has 0 aliphatic carbocycles.